The molecule has 156 valence electrons. The van der Waals surface area contributed by atoms with Crippen LogP contribution in [0.4, 0.5) is 5.69 Å². The summed E-state index contributed by atoms with van der Waals surface area (Å²) in [5.74, 6) is -0.600. The van der Waals surface area contributed by atoms with E-state index in [4.69, 9.17) is 15.9 Å². The third-order valence-electron chi connectivity index (χ3n) is 5.03. The highest BCUT2D eigenvalue weighted by atomic mass is 16.4. The lowest BCUT2D eigenvalue weighted by Crippen LogP contribution is -2.35. The van der Waals surface area contributed by atoms with Gasteiger partial charge in [-0.2, -0.15) is 0 Å². The topological polar surface area (TPSA) is 128 Å². The molecule has 7 nitrogen and oxygen atoms in total. The molecule has 1 aromatic heterocycles. The van der Waals surface area contributed by atoms with E-state index in [9.17, 15) is 9.90 Å². The Morgan fingerprint density at radius 3 is 2.39 bits per heavy atom. The predicted octanol–water partition coefficient (Wildman–Crippen LogP) is 4.10. The summed E-state index contributed by atoms with van der Waals surface area (Å²) in [7, 11) is 0. The van der Waals surface area contributed by atoms with Crippen LogP contribution < -0.4 is 11.5 Å². The van der Waals surface area contributed by atoms with Gasteiger partial charge in [0.15, 0.2) is 0 Å². The van der Waals surface area contributed by atoms with Crippen LogP contribution in [0.2, 0.25) is 0 Å². The van der Waals surface area contributed by atoms with Gasteiger partial charge >= 0.3 is 5.97 Å². The van der Waals surface area contributed by atoms with Crippen molar-refractivity contribution in [3.63, 3.8) is 0 Å². The number of nitrogens with zero attached hydrogens (tertiary/aromatic N) is 2. The maximum atomic E-state index is 11.7. The van der Waals surface area contributed by atoms with Crippen molar-refractivity contribution in [2.75, 3.05) is 5.73 Å². The van der Waals surface area contributed by atoms with E-state index < -0.39 is 11.5 Å². The molecule has 0 aliphatic rings. The fraction of sp³-hybridized carbons (Fsp3) is 0.125. The van der Waals surface area contributed by atoms with E-state index in [1.54, 1.807) is 18.2 Å². The van der Waals surface area contributed by atoms with E-state index in [0.29, 0.717) is 23.2 Å². The van der Waals surface area contributed by atoms with E-state index in [1.807, 2.05) is 55.5 Å². The largest absolute Gasteiger partial charge is 0.478 e. The van der Waals surface area contributed by atoms with Crippen molar-refractivity contribution >= 4 is 11.7 Å². The maximum Gasteiger partial charge on any atom is 0.335 e. The Bertz CT molecular complexity index is 1230. The number of aromatic carboxylic acids is 1. The molecule has 0 saturated carbocycles. The zero-order valence-electron chi connectivity index (χ0n) is 16.9. The quantitative estimate of drug-likeness (QED) is 0.405. The van der Waals surface area contributed by atoms with E-state index in [0.717, 1.165) is 11.1 Å². The molecule has 0 spiro atoms. The molecular formula is C24H22N4O3. The van der Waals surface area contributed by atoms with E-state index in [2.05, 4.69) is 10.2 Å². The second kappa shape index (κ2) is 8.04. The van der Waals surface area contributed by atoms with Crippen molar-refractivity contribution in [3.8, 4) is 22.6 Å². The standard InChI is InChI=1S/C24H22N4O3/c1-24(26,14-15-7-3-2-4-8-15)23-28-27-21(31-23)17-11-16(12-18(13-17)22(29)30)19-9-5-6-10-20(19)25/h2-13H,14,25-26H2,1H3,(H,29,30)/t24-/m1/s1. The SMILES string of the molecule is C[C@@](N)(Cc1ccccc1)c1nnc(-c2cc(C(=O)O)cc(-c3ccccc3N)c2)o1. The van der Waals surface area contributed by atoms with Crippen molar-refractivity contribution in [2.45, 2.75) is 18.9 Å². The van der Waals surface area contributed by atoms with E-state index in [-0.39, 0.29) is 17.3 Å². The molecule has 1 atom stereocenters. The average molecular weight is 414 g/mol. The van der Waals surface area contributed by atoms with Gasteiger partial charge in [0, 0.05) is 16.8 Å². The summed E-state index contributed by atoms with van der Waals surface area (Å²) < 4.78 is 5.89. The monoisotopic (exact) mass is 414 g/mol. The van der Waals surface area contributed by atoms with Crippen LogP contribution in [0.5, 0.6) is 0 Å². The fourth-order valence-corrected chi connectivity index (χ4v) is 3.46. The second-order valence-corrected chi connectivity index (χ2v) is 7.68. The van der Waals surface area contributed by atoms with Crippen molar-refractivity contribution in [2.24, 2.45) is 5.73 Å². The van der Waals surface area contributed by atoms with Gasteiger partial charge in [0.25, 0.3) is 0 Å². The van der Waals surface area contributed by atoms with Gasteiger partial charge < -0.3 is 21.0 Å². The summed E-state index contributed by atoms with van der Waals surface area (Å²) in [4.78, 5) is 11.7. The Morgan fingerprint density at radius 2 is 1.68 bits per heavy atom. The Hall–Kier alpha value is -3.97. The normalized spacial score (nSPS) is 13.0. The zero-order valence-corrected chi connectivity index (χ0v) is 16.9. The molecule has 0 aliphatic carbocycles. The molecule has 31 heavy (non-hydrogen) atoms. The second-order valence-electron chi connectivity index (χ2n) is 7.68. The van der Waals surface area contributed by atoms with Crippen LogP contribution >= 0.6 is 0 Å². The summed E-state index contributed by atoms with van der Waals surface area (Å²) in [6.45, 7) is 1.82. The van der Waals surface area contributed by atoms with Gasteiger partial charge in [-0.25, -0.2) is 4.79 Å². The van der Waals surface area contributed by atoms with Gasteiger partial charge in [-0.1, -0.05) is 48.5 Å². The average Bonchev–Trinajstić information content (AvgIpc) is 3.26. The number of hydrogen-bond acceptors (Lipinski definition) is 6. The minimum absolute atomic E-state index is 0.0929. The van der Waals surface area contributed by atoms with Gasteiger partial charge in [-0.3, -0.25) is 0 Å². The first-order valence-electron chi connectivity index (χ1n) is 9.74. The number of nitrogens with two attached hydrogens (primary N) is 2. The number of rotatable bonds is 6. The minimum atomic E-state index is -1.06. The number of carbonyl (C=O) groups is 1. The summed E-state index contributed by atoms with van der Waals surface area (Å²) in [5.41, 5.74) is 15.2. The Morgan fingerprint density at radius 1 is 1.00 bits per heavy atom. The predicted molar refractivity (Wildman–Crippen MR) is 118 cm³/mol. The number of carboxylic acids is 1. The van der Waals surface area contributed by atoms with Crippen LogP contribution in [-0.4, -0.2) is 21.3 Å². The summed E-state index contributed by atoms with van der Waals surface area (Å²) in [6, 6.07) is 21.9. The van der Waals surface area contributed by atoms with Crippen LogP contribution in [0.25, 0.3) is 22.6 Å². The molecule has 0 aliphatic heterocycles. The van der Waals surface area contributed by atoms with Gasteiger partial charge in [0.2, 0.25) is 11.8 Å². The first-order valence-corrected chi connectivity index (χ1v) is 9.74. The third kappa shape index (κ3) is 4.31. The van der Waals surface area contributed by atoms with Crippen molar-refractivity contribution in [3.05, 3.63) is 89.8 Å². The molecule has 1 heterocycles. The molecule has 4 aromatic rings. The lowest BCUT2D eigenvalue weighted by atomic mass is 9.94. The van der Waals surface area contributed by atoms with Crippen molar-refractivity contribution in [1.82, 2.24) is 10.2 Å². The zero-order chi connectivity index (χ0) is 22.0. The molecule has 4 rings (SSSR count). The molecule has 0 fully saturated rings. The number of aromatic nitrogens is 2. The number of anilines is 1. The van der Waals surface area contributed by atoms with Crippen LogP contribution in [0.15, 0.2) is 77.2 Å². The van der Waals surface area contributed by atoms with Crippen molar-refractivity contribution in [1.29, 1.82) is 0 Å². The highest BCUT2D eigenvalue weighted by Gasteiger charge is 2.29. The van der Waals surface area contributed by atoms with Gasteiger partial charge in [-0.05, 0) is 48.7 Å². The van der Waals surface area contributed by atoms with Gasteiger partial charge in [-0.15, -0.1) is 10.2 Å². The fourth-order valence-electron chi connectivity index (χ4n) is 3.46. The number of carboxylic acid groups (broad SMARTS) is 1. The molecular weight excluding hydrogens is 392 g/mol. The first-order chi connectivity index (χ1) is 14.8. The highest BCUT2D eigenvalue weighted by molar-refractivity contribution is 5.92. The Balaban J connectivity index is 1.73. The van der Waals surface area contributed by atoms with Crippen LogP contribution in [0.3, 0.4) is 0 Å². The van der Waals surface area contributed by atoms with Crippen LogP contribution in [0.1, 0.15) is 28.7 Å². The Kier molecular flexibility index (Phi) is 5.27. The van der Waals surface area contributed by atoms with E-state index in [1.165, 1.54) is 6.07 Å². The number of nitrogen functional groups attached to an aromatic ring is 1. The summed E-state index contributed by atoms with van der Waals surface area (Å²) in [6.07, 6.45) is 0.510. The molecule has 5 N–H and O–H groups in total. The van der Waals surface area contributed by atoms with Gasteiger partial charge in [0.05, 0.1) is 11.1 Å². The first kappa shape index (κ1) is 20.3. The molecule has 0 unspecified atom stereocenters. The number of benzene rings is 3. The van der Waals surface area contributed by atoms with Gasteiger partial charge in [0.1, 0.15) is 0 Å². The molecule has 0 amide bonds. The minimum Gasteiger partial charge on any atom is -0.478 e. The maximum absolute atomic E-state index is 11.7. The lowest BCUT2D eigenvalue weighted by molar-refractivity contribution is 0.0697. The summed E-state index contributed by atoms with van der Waals surface area (Å²) >= 11 is 0. The highest BCUT2D eigenvalue weighted by Crippen LogP contribution is 2.32. The Labute approximate surface area is 179 Å². The smallest absolute Gasteiger partial charge is 0.335 e. The van der Waals surface area contributed by atoms with Crippen LogP contribution in [0, 0.1) is 0 Å². The molecule has 0 radical (unpaired) electrons. The third-order valence-corrected chi connectivity index (χ3v) is 5.03. The summed E-state index contributed by atoms with van der Waals surface area (Å²) in [5, 5.41) is 17.8. The van der Waals surface area contributed by atoms with Crippen molar-refractivity contribution < 1.29 is 14.3 Å². The molecule has 0 bridgehead atoms. The van der Waals surface area contributed by atoms with Crippen LogP contribution in [-0.2, 0) is 12.0 Å². The number of para-hydroxylation sites is 1. The van der Waals surface area contributed by atoms with E-state index >= 15 is 0 Å². The number of hydrogen-bond donors (Lipinski definition) is 3. The lowest BCUT2D eigenvalue weighted by Gasteiger charge is -2.20. The molecule has 3 aromatic carbocycles. The molecule has 0 saturated heterocycles. The molecule has 7 heteroatoms.